The lowest BCUT2D eigenvalue weighted by atomic mass is 10.1. The number of benzene rings is 2. The van der Waals surface area contributed by atoms with Crippen molar-refractivity contribution in [2.24, 2.45) is 0 Å². The van der Waals surface area contributed by atoms with Crippen LogP contribution in [0.3, 0.4) is 0 Å². The molecule has 0 aliphatic carbocycles. The molecule has 202 valence electrons. The normalized spacial score (nSPS) is 21.6. The molecular weight excluding hydrogens is 476 g/mol. The number of ether oxygens (including phenoxy) is 3. The van der Waals surface area contributed by atoms with Gasteiger partial charge < -0.3 is 39.7 Å². The van der Waals surface area contributed by atoms with E-state index in [-0.39, 0.29) is 0 Å². The average molecular weight is 515 g/mol. The van der Waals surface area contributed by atoms with E-state index in [0.29, 0.717) is 37.2 Å². The highest BCUT2D eigenvalue weighted by molar-refractivity contribution is 5.78. The number of para-hydroxylation sites is 2. The van der Waals surface area contributed by atoms with E-state index in [4.69, 9.17) is 19.2 Å². The zero-order chi connectivity index (χ0) is 26.4. The topological polar surface area (TPSA) is 121 Å². The second-order valence-corrected chi connectivity index (χ2v) is 9.51. The van der Waals surface area contributed by atoms with Crippen LogP contribution in [0.5, 0.6) is 11.5 Å². The molecule has 0 saturated carbocycles. The van der Waals surface area contributed by atoms with Gasteiger partial charge in [-0.05, 0) is 56.8 Å². The largest absolute Gasteiger partial charge is 0.490 e. The average Bonchev–Trinajstić information content (AvgIpc) is 3.40. The fourth-order valence-corrected chi connectivity index (χ4v) is 4.37. The number of aliphatic hydroxyl groups is 3. The molecule has 10 nitrogen and oxygen atoms in total. The predicted octanol–water partition coefficient (Wildman–Crippen LogP) is 2.38. The monoisotopic (exact) mass is 514 g/mol. The van der Waals surface area contributed by atoms with Crippen LogP contribution in [0.1, 0.15) is 31.6 Å². The molecule has 4 rings (SSSR count). The molecule has 1 saturated heterocycles. The van der Waals surface area contributed by atoms with E-state index >= 15 is 0 Å². The Morgan fingerprint density at radius 1 is 1.05 bits per heavy atom. The molecule has 0 spiro atoms. The van der Waals surface area contributed by atoms with Crippen LogP contribution in [0.2, 0.25) is 0 Å². The van der Waals surface area contributed by atoms with Gasteiger partial charge in [-0.1, -0.05) is 25.1 Å². The van der Waals surface area contributed by atoms with Crippen molar-refractivity contribution in [1.29, 1.82) is 0 Å². The molecule has 1 aliphatic heterocycles. The van der Waals surface area contributed by atoms with Crippen LogP contribution in [0.4, 0.5) is 5.95 Å². The molecule has 1 aromatic heterocycles. The molecule has 37 heavy (non-hydrogen) atoms. The van der Waals surface area contributed by atoms with Crippen LogP contribution in [-0.4, -0.2) is 88.5 Å². The number of rotatable bonds is 13. The number of imidazole rings is 1. The Morgan fingerprint density at radius 3 is 2.57 bits per heavy atom. The fourth-order valence-electron chi connectivity index (χ4n) is 4.37. The van der Waals surface area contributed by atoms with E-state index in [1.807, 2.05) is 56.6 Å². The first-order valence-electron chi connectivity index (χ1n) is 12.8. The summed E-state index contributed by atoms with van der Waals surface area (Å²) < 4.78 is 19.5. The summed E-state index contributed by atoms with van der Waals surface area (Å²) in [6.45, 7) is 4.23. The minimum Gasteiger partial charge on any atom is -0.490 e. The third-order valence-electron chi connectivity index (χ3n) is 6.30. The Kier molecular flexibility index (Phi) is 9.23. The van der Waals surface area contributed by atoms with Crippen LogP contribution in [0.15, 0.2) is 42.5 Å². The second kappa shape index (κ2) is 12.6. The van der Waals surface area contributed by atoms with Gasteiger partial charge in [0.15, 0.2) is 17.7 Å². The summed E-state index contributed by atoms with van der Waals surface area (Å²) in [6, 6.07) is 13.4. The minimum absolute atomic E-state index is 0.395. The van der Waals surface area contributed by atoms with Crippen molar-refractivity contribution in [3.63, 3.8) is 0 Å². The van der Waals surface area contributed by atoms with Crippen molar-refractivity contribution in [2.75, 3.05) is 45.8 Å². The van der Waals surface area contributed by atoms with Crippen molar-refractivity contribution < 1.29 is 29.5 Å². The summed E-state index contributed by atoms with van der Waals surface area (Å²) in [5, 5.41) is 33.9. The van der Waals surface area contributed by atoms with Gasteiger partial charge in [0.05, 0.1) is 30.9 Å². The lowest BCUT2D eigenvalue weighted by molar-refractivity contribution is -0.0499. The number of aromatic nitrogens is 2. The number of nitrogens with one attached hydrogen (secondary N) is 1. The first kappa shape index (κ1) is 27.2. The van der Waals surface area contributed by atoms with Crippen LogP contribution in [0.25, 0.3) is 11.0 Å². The molecule has 0 bridgehead atoms. The minimum atomic E-state index is -1.22. The smallest absolute Gasteiger partial charge is 0.206 e. The van der Waals surface area contributed by atoms with E-state index in [0.717, 1.165) is 36.0 Å². The molecule has 2 heterocycles. The Bertz CT molecular complexity index is 1150. The molecule has 4 atom stereocenters. The van der Waals surface area contributed by atoms with Gasteiger partial charge in [0, 0.05) is 13.1 Å². The number of hydrogen-bond donors (Lipinski definition) is 4. The van der Waals surface area contributed by atoms with Crippen LogP contribution < -0.4 is 14.8 Å². The number of hydrogen-bond acceptors (Lipinski definition) is 9. The molecule has 3 aromatic rings. The van der Waals surface area contributed by atoms with Gasteiger partial charge in [-0.15, -0.1) is 0 Å². The highest BCUT2D eigenvalue weighted by Crippen LogP contribution is 2.35. The molecule has 2 aromatic carbocycles. The Hall–Kier alpha value is -2.89. The van der Waals surface area contributed by atoms with Crippen LogP contribution >= 0.6 is 0 Å². The van der Waals surface area contributed by atoms with Crippen molar-refractivity contribution in [3.8, 4) is 11.5 Å². The Labute approximate surface area is 217 Å². The lowest BCUT2D eigenvalue weighted by Crippen LogP contribution is -2.33. The van der Waals surface area contributed by atoms with Crippen molar-refractivity contribution in [3.05, 3.63) is 48.0 Å². The summed E-state index contributed by atoms with van der Waals surface area (Å²) in [4.78, 5) is 6.82. The molecule has 0 radical (unpaired) electrons. The number of anilines is 1. The molecule has 1 aliphatic rings. The van der Waals surface area contributed by atoms with Gasteiger partial charge in [-0.25, -0.2) is 4.98 Å². The highest BCUT2D eigenvalue weighted by Gasteiger charge is 2.44. The number of nitrogens with zero attached hydrogens (tertiary/aromatic N) is 3. The third-order valence-corrected chi connectivity index (χ3v) is 6.30. The zero-order valence-electron chi connectivity index (χ0n) is 21.7. The van der Waals surface area contributed by atoms with Gasteiger partial charge in [0.25, 0.3) is 0 Å². The van der Waals surface area contributed by atoms with Gasteiger partial charge in [-0.3, -0.25) is 4.57 Å². The third kappa shape index (κ3) is 6.34. The van der Waals surface area contributed by atoms with Crippen molar-refractivity contribution in [2.45, 2.75) is 50.8 Å². The van der Waals surface area contributed by atoms with Gasteiger partial charge in [-0.2, -0.15) is 0 Å². The fraction of sp³-hybridized carbons (Fsp3) is 0.519. The van der Waals surface area contributed by atoms with Crippen molar-refractivity contribution >= 4 is 17.0 Å². The van der Waals surface area contributed by atoms with Gasteiger partial charge >= 0.3 is 0 Å². The zero-order valence-corrected chi connectivity index (χ0v) is 21.7. The number of fused-ring (bicyclic) bond motifs is 1. The van der Waals surface area contributed by atoms with E-state index in [1.54, 1.807) is 4.57 Å². The maximum Gasteiger partial charge on any atom is 0.206 e. The second-order valence-electron chi connectivity index (χ2n) is 9.51. The standard InChI is InChI=1S/C27H38N4O6/c1-4-13-35-21-11-10-18(15-22(21)36-14-7-12-30(2)3)16-28-27-29-19-8-5-6-9-20(19)31(27)26-25(34)24(33)23(17-32)37-26/h5-6,8-11,15,23-26,32-34H,4,7,12-14,16-17H2,1-3H3,(H,28,29)/t23-,24-,25-,26-/m1/s1. The SMILES string of the molecule is CCCOc1ccc(CNc2nc3ccccc3n2[C@@H]2O[C@H](CO)[C@@H](O)[C@H]2O)cc1OCCCN(C)C. The van der Waals surface area contributed by atoms with E-state index in [2.05, 4.69) is 17.1 Å². The molecular formula is C27H38N4O6. The summed E-state index contributed by atoms with van der Waals surface area (Å²) in [7, 11) is 4.07. The molecule has 0 amide bonds. The maximum absolute atomic E-state index is 10.7. The highest BCUT2D eigenvalue weighted by atomic mass is 16.6. The van der Waals surface area contributed by atoms with Gasteiger partial charge in [0.1, 0.15) is 18.3 Å². The summed E-state index contributed by atoms with van der Waals surface area (Å²) in [5.41, 5.74) is 2.43. The molecule has 10 heteroatoms. The lowest BCUT2D eigenvalue weighted by Gasteiger charge is -2.20. The van der Waals surface area contributed by atoms with Crippen LogP contribution in [0, 0.1) is 0 Å². The first-order valence-corrected chi connectivity index (χ1v) is 12.8. The van der Waals surface area contributed by atoms with E-state index in [1.165, 1.54) is 0 Å². The molecule has 1 fully saturated rings. The van der Waals surface area contributed by atoms with E-state index < -0.39 is 31.1 Å². The summed E-state index contributed by atoms with van der Waals surface area (Å²) in [6.07, 6.45) is -2.39. The maximum atomic E-state index is 10.7. The quantitative estimate of drug-likeness (QED) is 0.255. The molecule has 0 unspecified atom stereocenters. The Balaban J connectivity index is 1.55. The Morgan fingerprint density at radius 2 is 1.84 bits per heavy atom. The summed E-state index contributed by atoms with van der Waals surface area (Å²) in [5.74, 6) is 1.90. The molecule has 4 N–H and O–H groups in total. The predicted molar refractivity (Wildman–Crippen MR) is 141 cm³/mol. The van der Waals surface area contributed by atoms with E-state index in [9.17, 15) is 15.3 Å². The first-order chi connectivity index (χ1) is 17.9. The summed E-state index contributed by atoms with van der Waals surface area (Å²) >= 11 is 0. The van der Waals surface area contributed by atoms with Crippen molar-refractivity contribution in [1.82, 2.24) is 14.5 Å². The van der Waals surface area contributed by atoms with Crippen LogP contribution in [-0.2, 0) is 11.3 Å². The number of aliphatic hydroxyl groups excluding tert-OH is 3. The van der Waals surface area contributed by atoms with Gasteiger partial charge in [0.2, 0.25) is 5.95 Å².